The lowest BCUT2D eigenvalue weighted by Gasteiger charge is -2.16. The van der Waals surface area contributed by atoms with Crippen LogP contribution < -0.4 is 10.6 Å². The van der Waals surface area contributed by atoms with Crippen molar-refractivity contribution in [1.29, 1.82) is 0 Å². The number of thioether (sulfide) groups is 1. The van der Waals surface area contributed by atoms with E-state index in [9.17, 15) is 9.59 Å². The van der Waals surface area contributed by atoms with Crippen LogP contribution in [0.25, 0.3) is 11.3 Å². The van der Waals surface area contributed by atoms with Gasteiger partial charge in [-0.1, -0.05) is 78.4 Å². The molecular formula is C32H27N3O2S2. The van der Waals surface area contributed by atoms with E-state index in [-0.39, 0.29) is 11.8 Å². The minimum atomic E-state index is -0.481. The fourth-order valence-electron chi connectivity index (χ4n) is 4.04. The van der Waals surface area contributed by atoms with Crippen LogP contribution in [-0.4, -0.2) is 16.8 Å². The topological polar surface area (TPSA) is 71.1 Å². The van der Waals surface area contributed by atoms with E-state index in [1.807, 2.05) is 110 Å². The molecule has 1 atom stereocenters. The van der Waals surface area contributed by atoms with Crippen LogP contribution in [0.4, 0.5) is 10.8 Å². The van der Waals surface area contributed by atoms with Crippen LogP contribution in [0.3, 0.4) is 0 Å². The van der Waals surface area contributed by atoms with E-state index in [4.69, 9.17) is 0 Å². The highest BCUT2D eigenvalue weighted by Gasteiger charge is 2.23. The fraction of sp³-hybridized carbons (Fsp3) is 0.0938. The van der Waals surface area contributed by atoms with E-state index < -0.39 is 5.25 Å². The average molecular weight is 550 g/mol. The monoisotopic (exact) mass is 549 g/mol. The Bertz CT molecular complexity index is 1580. The zero-order valence-electron chi connectivity index (χ0n) is 21.5. The molecule has 2 amide bonds. The van der Waals surface area contributed by atoms with Gasteiger partial charge in [0, 0.05) is 27.1 Å². The van der Waals surface area contributed by atoms with Gasteiger partial charge in [0.05, 0.1) is 5.69 Å². The number of aromatic nitrogens is 1. The number of hydrogen-bond donors (Lipinski definition) is 2. The number of aryl methyl sites for hydroxylation is 2. The molecule has 1 heterocycles. The molecule has 0 aliphatic rings. The highest BCUT2D eigenvalue weighted by Crippen LogP contribution is 2.37. The summed E-state index contributed by atoms with van der Waals surface area (Å²) < 4.78 is 0. The van der Waals surface area contributed by atoms with Gasteiger partial charge in [-0.25, -0.2) is 4.98 Å². The van der Waals surface area contributed by atoms with Gasteiger partial charge in [-0.15, -0.1) is 23.1 Å². The summed E-state index contributed by atoms with van der Waals surface area (Å²) in [6, 6.07) is 32.9. The molecule has 2 N–H and O–H groups in total. The number of carbonyl (C=O) groups is 2. The van der Waals surface area contributed by atoms with Crippen molar-refractivity contribution in [2.45, 2.75) is 24.0 Å². The van der Waals surface area contributed by atoms with Gasteiger partial charge in [0.1, 0.15) is 5.25 Å². The Morgan fingerprint density at radius 1 is 0.795 bits per heavy atom. The highest BCUT2D eigenvalue weighted by molar-refractivity contribution is 8.00. The van der Waals surface area contributed by atoms with Gasteiger partial charge in [-0.3, -0.25) is 9.59 Å². The Balaban J connectivity index is 1.30. The molecule has 5 rings (SSSR count). The normalized spacial score (nSPS) is 11.5. The molecule has 4 aromatic carbocycles. The molecule has 0 bridgehead atoms. The Kier molecular flexibility index (Phi) is 8.20. The summed E-state index contributed by atoms with van der Waals surface area (Å²) in [6.07, 6.45) is 0. The van der Waals surface area contributed by atoms with E-state index in [0.717, 1.165) is 27.3 Å². The first kappa shape index (κ1) is 26.4. The molecular weight excluding hydrogens is 523 g/mol. The Hall–Kier alpha value is -4.20. The quantitative estimate of drug-likeness (QED) is 0.192. The second kappa shape index (κ2) is 12.1. The molecule has 0 aliphatic heterocycles. The third kappa shape index (κ3) is 6.63. The van der Waals surface area contributed by atoms with Gasteiger partial charge < -0.3 is 10.6 Å². The summed E-state index contributed by atoms with van der Waals surface area (Å²) in [6.45, 7) is 3.96. The van der Waals surface area contributed by atoms with E-state index >= 15 is 0 Å². The van der Waals surface area contributed by atoms with Crippen molar-refractivity contribution < 1.29 is 9.59 Å². The summed E-state index contributed by atoms with van der Waals surface area (Å²) >= 11 is 2.86. The maximum Gasteiger partial charge on any atom is 0.255 e. The molecule has 0 saturated carbocycles. The Labute approximate surface area is 236 Å². The Morgan fingerprint density at radius 2 is 1.49 bits per heavy atom. The summed E-state index contributed by atoms with van der Waals surface area (Å²) in [5.74, 6) is -0.295. The molecule has 0 aliphatic carbocycles. The number of thiazole rings is 1. The van der Waals surface area contributed by atoms with Crippen molar-refractivity contribution in [2.24, 2.45) is 0 Å². The van der Waals surface area contributed by atoms with Gasteiger partial charge in [0.25, 0.3) is 5.91 Å². The van der Waals surface area contributed by atoms with Crippen molar-refractivity contribution in [2.75, 3.05) is 10.6 Å². The second-order valence-electron chi connectivity index (χ2n) is 9.10. The maximum atomic E-state index is 13.5. The molecule has 5 aromatic rings. The number of nitrogens with one attached hydrogen (secondary N) is 2. The van der Waals surface area contributed by atoms with Crippen LogP contribution in [0.5, 0.6) is 0 Å². The molecule has 194 valence electrons. The van der Waals surface area contributed by atoms with Crippen LogP contribution in [0.2, 0.25) is 0 Å². The van der Waals surface area contributed by atoms with Gasteiger partial charge in [-0.2, -0.15) is 0 Å². The van der Waals surface area contributed by atoms with Crippen molar-refractivity contribution in [1.82, 2.24) is 4.98 Å². The smallest absolute Gasteiger partial charge is 0.255 e. The lowest BCUT2D eigenvalue weighted by Crippen LogP contribution is -2.19. The fourth-order valence-corrected chi connectivity index (χ4v) is 5.79. The lowest BCUT2D eigenvalue weighted by molar-refractivity contribution is -0.115. The van der Waals surface area contributed by atoms with Crippen LogP contribution in [0.1, 0.15) is 32.3 Å². The van der Waals surface area contributed by atoms with E-state index in [1.54, 1.807) is 0 Å². The van der Waals surface area contributed by atoms with Gasteiger partial charge >= 0.3 is 0 Å². The maximum absolute atomic E-state index is 13.5. The molecule has 0 radical (unpaired) electrons. The zero-order chi connectivity index (χ0) is 27.2. The summed E-state index contributed by atoms with van der Waals surface area (Å²) in [7, 11) is 0. The molecule has 5 nitrogen and oxygen atoms in total. The first-order valence-corrected chi connectivity index (χ1v) is 14.2. The SMILES string of the molecule is Cc1ccc(-c2csc(NC(=O)C(Sc3ccc(NC(=O)c4ccccc4C)cc3)c3ccccc3)n2)cc1. The van der Waals surface area contributed by atoms with E-state index in [0.29, 0.717) is 16.4 Å². The van der Waals surface area contributed by atoms with Crippen molar-refractivity contribution in [3.05, 3.63) is 131 Å². The van der Waals surface area contributed by atoms with Gasteiger partial charge in [0.2, 0.25) is 5.91 Å². The average Bonchev–Trinajstić information content (AvgIpc) is 3.42. The molecule has 0 spiro atoms. The number of nitrogens with zero attached hydrogens (tertiary/aromatic N) is 1. The zero-order valence-corrected chi connectivity index (χ0v) is 23.2. The molecule has 1 unspecified atom stereocenters. The van der Waals surface area contributed by atoms with E-state index in [1.165, 1.54) is 28.7 Å². The van der Waals surface area contributed by atoms with Crippen LogP contribution in [0, 0.1) is 13.8 Å². The molecule has 39 heavy (non-hydrogen) atoms. The minimum absolute atomic E-state index is 0.145. The number of hydrogen-bond acceptors (Lipinski definition) is 5. The third-order valence-corrected chi connectivity index (χ3v) is 8.20. The number of benzene rings is 4. The standard InChI is InChI=1S/C32H27N3O2S2/c1-21-12-14-23(15-13-21)28-20-38-32(34-28)35-31(37)29(24-9-4-3-5-10-24)39-26-18-16-25(17-19-26)33-30(36)27-11-7-6-8-22(27)2/h3-20,29H,1-2H3,(H,33,36)(H,34,35,37). The summed E-state index contributed by atoms with van der Waals surface area (Å²) in [5.41, 5.74) is 6.19. The van der Waals surface area contributed by atoms with Crippen molar-refractivity contribution >= 4 is 45.7 Å². The first-order chi connectivity index (χ1) is 19.0. The second-order valence-corrected chi connectivity index (χ2v) is 11.1. The van der Waals surface area contributed by atoms with Gasteiger partial charge in [-0.05, 0) is 55.3 Å². The number of rotatable bonds is 8. The van der Waals surface area contributed by atoms with Crippen LogP contribution in [-0.2, 0) is 4.79 Å². The molecule has 1 aromatic heterocycles. The molecule has 7 heteroatoms. The van der Waals surface area contributed by atoms with Crippen molar-refractivity contribution in [3.8, 4) is 11.3 Å². The lowest BCUT2D eigenvalue weighted by atomic mass is 10.1. The number of carbonyl (C=O) groups excluding carboxylic acids is 2. The Morgan fingerprint density at radius 3 is 2.21 bits per heavy atom. The van der Waals surface area contributed by atoms with Crippen LogP contribution >= 0.6 is 23.1 Å². The highest BCUT2D eigenvalue weighted by atomic mass is 32.2. The van der Waals surface area contributed by atoms with Crippen LogP contribution in [0.15, 0.2) is 113 Å². The first-order valence-electron chi connectivity index (χ1n) is 12.5. The summed E-state index contributed by atoms with van der Waals surface area (Å²) in [5, 5.41) is 8.00. The number of anilines is 2. The van der Waals surface area contributed by atoms with Crippen molar-refractivity contribution in [3.63, 3.8) is 0 Å². The number of amides is 2. The molecule has 0 saturated heterocycles. The predicted molar refractivity (Wildman–Crippen MR) is 162 cm³/mol. The minimum Gasteiger partial charge on any atom is -0.322 e. The summed E-state index contributed by atoms with van der Waals surface area (Å²) in [4.78, 5) is 31.7. The van der Waals surface area contributed by atoms with E-state index in [2.05, 4.69) is 27.8 Å². The largest absolute Gasteiger partial charge is 0.322 e. The van der Waals surface area contributed by atoms with Gasteiger partial charge in [0.15, 0.2) is 5.13 Å². The molecule has 0 fully saturated rings. The third-order valence-electron chi connectivity index (χ3n) is 6.18. The predicted octanol–water partition coefficient (Wildman–Crippen LogP) is 8.15.